The number of hydrogen-bond donors (Lipinski definition) is 1. The molecule has 88 valence electrons. The molecule has 1 aliphatic carbocycles. The summed E-state index contributed by atoms with van der Waals surface area (Å²) < 4.78 is 5.08. The van der Waals surface area contributed by atoms with E-state index in [4.69, 9.17) is 9.84 Å². The van der Waals surface area contributed by atoms with E-state index in [-0.39, 0.29) is 18.5 Å². The van der Waals surface area contributed by atoms with Gasteiger partial charge in [-0.1, -0.05) is 13.3 Å². The number of carbonyl (C=O) groups excluding carboxylic acids is 1. The first-order chi connectivity index (χ1) is 7.22. The van der Waals surface area contributed by atoms with Gasteiger partial charge in [-0.25, -0.2) is 0 Å². The van der Waals surface area contributed by atoms with Crippen LogP contribution >= 0.6 is 0 Å². The second-order valence-corrected chi connectivity index (χ2v) is 4.38. The Kier molecular flexibility index (Phi) is 5.09. The van der Waals surface area contributed by atoms with Gasteiger partial charge in [0.25, 0.3) is 0 Å². The summed E-state index contributed by atoms with van der Waals surface area (Å²) in [6.45, 7) is 4.67. The molecule has 0 spiro atoms. The lowest BCUT2D eigenvalue weighted by atomic mass is 9.94. The van der Waals surface area contributed by atoms with Crippen LogP contribution in [-0.4, -0.2) is 24.3 Å². The summed E-state index contributed by atoms with van der Waals surface area (Å²) in [6, 6.07) is 0. The first kappa shape index (κ1) is 12.5. The van der Waals surface area contributed by atoms with Crippen LogP contribution < -0.4 is 0 Å². The Hall–Kier alpha value is -0.570. The molecule has 0 saturated heterocycles. The lowest BCUT2D eigenvalue weighted by molar-refractivity contribution is -0.149. The highest BCUT2D eigenvalue weighted by molar-refractivity contribution is 5.73. The van der Waals surface area contributed by atoms with E-state index in [0.717, 1.165) is 25.7 Å². The quantitative estimate of drug-likeness (QED) is 0.712. The van der Waals surface area contributed by atoms with E-state index in [9.17, 15) is 4.79 Å². The van der Waals surface area contributed by atoms with Gasteiger partial charge >= 0.3 is 5.97 Å². The summed E-state index contributed by atoms with van der Waals surface area (Å²) in [5.41, 5.74) is 0. The largest absolute Gasteiger partial charge is 0.466 e. The molecule has 1 N–H and O–H groups in total. The Balaban J connectivity index is 2.51. The van der Waals surface area contributed by atoms with Crippen LogP contribution in [0.1, 0.15) is 39.5 Å². The average molecular weight is 214 g/mol. The van der Waals surface area contributed by atoms with Crippen LogP contribution in [0.2, 0.25) is 0 Å². The summed E-state index contributed by atoms with van der Waals surface area (Å²) in [6.07, 6.45) is 3.83. The molecule has 1 saturated carbocycles. The Morgan fingerprint density at radius 2 is 2.13 bits per heavy atom. The third-order valence-corrected chi connectivity index (χ3v) is 3.44. The second-order valence-electron chi connectivity index (χ2n) is 4.38. The molecular weight excluding hydrogens is 192 g/mol. The first-order valence-electron chi connectivity index (χ1n) is 6.00. The molecule has 0 heterocycles. The van der Waals surface area contributed by atoms with Gasteiger partial charge in [-0.05, 0) is 38.0 Å². The SMILES string of the molecule is CCOC(=O)[C@H]1C[C@@H](CCO)C[C@H]1CC. The van der Waals surface area contributed by atoms with Gasteiger partial charge in [-0.2, -0.15) is 0 Å². The van der Waals surface area contributed by atoms with Crippen LogP contribution in [0.3, 0.4) is 0 Å². The highest BCUT2D eigenvalue weighted by atomic mass is 16.5. The molecule has 0 amide bonds. The highest BCUT2D eigenvalue weighted by Gasteiger charge is 2.37. The standard InChI is InChI=1S/C12H22O3/c1-3-10-7-9(5-6-13)8-11(10)12(14)15-4-2/h9-11,13H,3-8H2,1-2H3/t9-,10+,11-/m0/s1. The zero-order chi connectivity index (χ0) is 11.3. The predicted octanol–water partition coefficient (Wildman–Crippen LogP) is 1.98. The number of ether oxygens (including phenoxy) is 1. The van der Waals surface area contributed by atoms with Crippen molar-refractivity contribution in [2.24, 2.45) is 17.8 Å². The molecule has 0 aromatic rings. The van der Waals surface area contributed by atoms with Gasteiger partial charge in [-0.15, -0.1) is 0 Å². The summed E-state index contributed by atoms with van der Waals surface area (Å²) in [5.74, 6) is 1.01. The molecule has 3 atom stereocenters. The first-order valence-corrected chi connectivity index (χ1v) is 6.00. The maximum Gasteiger partial charge on any atom is 0.309 e. The van der Waals surface area contributed by atoms with Gasteiger partial charge in [0.1, 0.15) is 0 Å². The Bertz CT molecular complexity index is 203. The molecule has 3 heteroatoms. The summed E-state index contributed by atoms with van der Waals surface area (Å²) in [4.78, 5) is 11.7. The summed E-state index contributed by atoms with van der Waals surface area (Å²) in [7, 11) is 0. The average Bonchev–Trinajstić information content (AvgIpc) is 2.62. The number of esters is 1. The van der Waals surface area contributed by atoms with E-state index in [1.165, 1.54) is 0 Å². The smallest absolute Gasteiger partial charge is 0.309 e. The third-order valence-electron chi connectivity index (χ3n) is 3.44. The number of carbonyl (C=O) groups is 1. The molecule has 1 rings (SSSR count). The number of hydrogen-bond acceptors (Lipinski definition) is 3. The van der Waals surface area contributed by atoms with Crippen LogP contribution in [0.5, 0.6) is 0 Å². The van der Waals surface area contributed by atoms with Crippen molar-refractivity contribution in [2.75, 3.05) is 13.2 Å². The van der Waals surface area contributed by atoms with Gasteiger partial charge < -0.3 is 9.84 Å². The third kappa shape index (κ3) is 3.20. The van der Waals surface area contributed by atoms with Crippen molar-refractivity contribution >= 4 is 5.97 Å². The summed E-state index contributed by atoms with van der Waals surface area (Å²) >= 11 is 0. The van der Waals surface area contributed by atoms with Crippen molar-refractivity contribution in [1.82, 2.24) is 0 Å². The maximum absolute atomic E-state index is 11.7. The minimum Gasteiger partial charge on any atom is -0.466 e. The van der Waals surface area contributed by atoms with Crippen molar-refractivity contribution in [2.45, 2.75) is 39.5 Å². The number of rotatable bonds is 5. The lowest BCUT2D eigenvalue weighted by Crippen LogP contribution is -2.21. The lowest BCUT2D eigenvalue weighted by Gasteiger charge is -2.15. The molecule has 15 heavy (non-hydrogen) atoms. The topological polar surface area (TPSA) is 46.5 Å². The van der Waals surface area contributed by atoms with Crippen molar-refractivity contribution in [1.29, 1.82) is 0 Å². The van der Waals surface area contributed by atoms with Crippen LogP contribution in [0, 0.1) is 17.8 Å². The van der Waals surface area contributed by atoms with E-state index >= 15 is 0 Å². The van der Waals surface area contributed by atoms with Crippen molar-refractivity contribution < 1.29 is 14.6 Å². The fraction of sp³-hybridized carbons (Fsp3) is 0.917. The van der Waals surface area contributed by atoms with Gasteiger partial charge in [0, 0.05) is 6.61 Å². The second kappa shape index (κ2) is 6.11. The normalized spacial score (nSPS) is 30.5. The molecular formula is C12H22O3. The van der Waals surface area contributed by atoms with Crippen molar-refractivity contribution in [3.8, 4) is 0 Å². The zero-order valence-corrected chi connectivity index (χ0v) is 9.74. The fourth-order valence-corrected chi connectivity index (χ4v) is 2.65. The Morgan fingerprint density at radius 3 is 2.67 bits per heavy atom. The minimum absolute atomic E-state index is 0.0372. The van der Waals surface area contributed by atoms with Crippen LogP contribution in [0.4, 0.5) is 0 Å². The zero-order valence-electron chi connectivity index (χ0n) is 9.74. The van der Waals surface area contributed by atoms with Crippen LogP contribution in [0.15, 0.2) is 0 Å². The Morgan fingerprint density at radius 1 is 1.40 bits per heavy atom. The van der Waals surface area contributed by atoms with Crippen molar-refractivity contribution in [3.63, 3.8) is 0 Å². The maximum atomic E-state index is 11.7. The van der Waals surface area contributed by atoms with E-state index in [1.54, 1.807) is 0 Å². The van der Waals surface area contributed by atoms with Gasteiger partial charge in [0.2, 0.25) is 0 Å². The number of aliphatic hydroxyl groups excluding tert-OH is 1. The fourth-order valence-electron chi connectivity index (χ4n) is 2.65. The van der Waals surface area contributed by atoms with Gasteiger partial charge in [0.05, 0.1) is 12.5 Å². The Labute approximate surface area is 91.8 Å². The van der Waals surface area contributed by atoms with Crippen LogP contribution in [0.25, 0.3) is 0 Å². The molecule has 0 aromatic heterocycles. The van der Waals surface area contributed by atoms with Crippen LogP contribution in [-0.2, 0) is 9.53 Å². The minimum atomic E-state index is -0.0372. The predicted molar refractivity (Wildman–Crippen MR) is 58.3 cm³/mol. The molecule has 1 aliphatic rings. The van der Waals surface area contributed by atoms with Gasteiger partial charge in [0.15, 0.2) is 0 Å². The van der Waals surface area contributed by atoms with E-state index < -0.39 is 0 Å². The highest BCUT2D eigenvalue weighted by Crippen LogP contribution is 2.40. The molecule has 0 bridgehead atoms. The van der Waals surface area contributed by atoms with E-state index in [2.05, 4.69) is 6.92 Å². The molecule has 0 aromatic carbocycles. The molecule has 0 radical (unpaired) electrons. The molecule has 0 unspecified atom stereocenters. The van der Waals surface area contributed by atoms with E-state index in [0.29, 0.717) is 18.4 Å². The molecule has 1 fully saturated rings. The van der Waals surface area contributed by atoms with Crippen molar-refractivity contribution in [3.05, 3.63) is 0 Å². The summed E-state index contributed by atoms with van der Waals surface area (Å²) in [5, 5.41) is 8.90. The van der Waals surface area contributed by atoms with E-state index in [1.807, 2.05) is 6.92 Å². The molecule has 0 aliphatic heterocycles. The molecule has 3 nitrogen and oxygen atoms in total. The van der Waals surface area contributed by atoms with Gasteiger partial charge in [-0.3, -0.25) is 4.79 Å². The monoisotopic (exact) mass is 214 g/mol. The number of aliphatic hydroxyl groups is 1.